The lowest BCUT2D eigenvalue weighted by Crippen LogP contribution is -2.25. The van der Waals surface area contributed by atoms with Crippen molar-refractivity contribution in [3.8, 4) is 0 Å². The Labute approximate surface area is 120 Å². The summed E-state index contributed by atoms with van der Waals surface area (Å²) in [6, 6.07) is 8.85. The fourth-order valence-corrected chi connectivity index (χ4v) is 2.85. The normalized spacial score (nSPS) is 15.7. The average molecular weight is 267 g/mol. The number of aromatic nitrogens is 2. The second-order valence-electron chi connectivity index (χ2n) is 5.65. The third kappa shape index (κ3) is 2.88. The molecule has 0 unspecified atom stereocenters. The van der Waals surface area contributed by atoms with Crippen molar-refractivity contribution in [3.63, 3.8) is 0 Å². The maximum Gasteiger partial charge on any atom is 0.115 e. The van der Waals surface area contributed by atoms with Crippen molar-refractivity contribution in [2.45, 2.75) is 33.2 Å². The zero-order chi connectivity index (χ0) is 13.9. The lowest BCUT2D eigenvalue weighted by atomic mass is 10.1. The molecule has 0 atom stereocenters. The van der Waals surface area contributed by atoms with E-state index >= 15 is 0 Å². The summed E-state index contributed by atoms with van der Waals surface area (Å²) in [5, 5.41) is 0. The van der Waals surface area contributed by atoms with Gasteiger partial charge >= 0.3 is 0 Å². The molecule has 0 radical (unpaired) electrons. The van der Waals surface area contributed by atoms with E-state index in [9.17, 15) is 0 Å². The Morgan fingerprint density at radius 2 is 1.75 bits per heavy atom. The molecule has 0 N–H and O–H groups in total. The van der Waals surface area contributed by atoms with Crippen LogP contribution >= 0.6 is 0 Å². The summed E-state index contributed by atoms with van der Waals surface area (Å²) in [6.07, 6.45) is 3.79. The Morgan fingerprint density at radius 1 is 1.00 bits per heavy atom. The van der Waals surface area contributed by atoms with Gasteiger partial charge in [-0.2, -0.15) is 0 Å². The van der Waals surface area contributed by atoms with Gasteiger partial charge in [0.15, 0.2) is 0 Å². The standard InChI is InChI=1S/C17H21N3/c1-13-3-5-15(6-4-13)11-20-9-7-16-14(2)18-12-19-17(16)8-10-20/h3-6,12H,7-11H2,1-2H3. The predicted molar refractivity (Wildman–Crippen MR) is 80.6 cm³/mol. The quantitative estimate of drug-likeness (QED) is 0.837. The molecule has 1 aromatic heterocycles. The van der Waals surface area contributed by atoms with Gasteiger partial charge in [-0.1, -0.05) is 29.8 Å². The molecule has 3 heteroatoms. The van der Waals surface area contributed by atoms with Gasteiger partial charge in [-0.25, -0.2) is 9.97 Å². The predicted octanol–water partition coefficient (Wildman–Crippen LogP) is 2.69. The van der Waals surface area contributed by atoms with Gasteiger partial charge in [0, 0.05) is 37.4 Å². The van der Waals surface area contributed by atoms with Gasteiger partial charge in [0.05, 0.1) is 0 Å². The molecule has 1 aliphatic rings. The fourth-order valence-electron chi connectivity index (χ4n) is 2.85. The smallest absolute Gasteiger partial charge is 0.115 e. The molecule has 0 aliphatic carbocycles. The lowest BCUT2D eigenvalue weighted by Gasteiger charge is -2.19. The minimum absolute atomic E-state index is 1.03. The van der Waals surface area contributed by atoms with E-state index in [2.05, 4.69) is 53.0 Å². The molecule has 0 amide bonds. The molecule has 0 spiro atoms. The highest BCUT2D eigenvalue weighted by molar-refractivity contribution is 5.26. The van der Waals surface area contributed by atoms with Crippen molar-refractivity contribution in [1.82, 2.24) is 14.9 Å². The summed E-state index contributed by atoms with van der Waals surface area (Å²) < 4.78 is 0. The first kappa shape index (κ1) is 13.3. The number of hydrogen-bond acceptors (Lipinski definition) is 3. The zero-order valence-corrected chi connectivity index (χ0v) is 12.3. The highest BCUT2D eigenvalue weighted by atomic mass is 15.1. The van der Waals surface area contributed by atoms with E-state index in [0.717, 1.165) is 38.2 Å². The van der Waals surface area contributed by atoms with Crippen LogP contribution in [-0.4, -0.2) is 28.0 Å². The van der Waals surface area contributed by atoms with Crippen molar-refractivity contribution in [2.24, 2.45) is 0 Å². The third-order valence-electron chi connectivity index (χ3n) is 4.12. The summed E-state index contributed by atoms with van der Waals surface area (Å²) in [7, 11) is 0. The van der Waals surface area contributed by atoms with Crippen LogP contribution in [0.5, 0.6) is 0 Å². The van der Waals surface area contributed by atoms with Crippen LogP contribution in [0, 0.1) is 13.8 Å². The number of rotatable bonds is 2. The molecule has 0 fully saturated rings. The van der Waals surface area contributed by atoms with Crippen molar-refractivity contribution in [1.29, 1.82) is 0 Å². The molecular weight excluding hydrogens is 246 g/mol. The second kappa shape index (κ2) is 5.71. The van der Waals surface area contributed by atoms with E-state index in [1.165, 1.54) is 22.4 Å². The summed E-state index contributed by atoms with van der Waals surface area (Å²) in [5.41, 5.74) is 6.46. The number of aryl methyl sites for hydroxylation is 2. The highest BCUT2D eigenvalue weighted by Crippen LogP contribution is 2.17. The molecule has 0 saturated carbocycles. The van der Waals surface area contributed by atoms with Gasteiger partial charge in [-0.3, -0.25) is 4.90 Å². The highest BCUT2D eigenvalue weighted by Gasteiger charge is 2.16. The fraction of sp³-hybridized carbons (Fsp3) is 0.412. The SMILES string of the molecule is Cc1ccc(CN2CCc3ncnc(C)c3CC2)cc1. The molecule has 1 aliphatic heterocycles. The Kier molecular flexibility index (Phi) is 3.79. The van der Waals surface area contributed by atoms with Gasteiger partial charge < -0.3 is 0 Å². The largest absolute Gasteiger partial charge is 0.298 e. The number of benzene rings is 1. The monoisotopic (exact) mass is 267 g/mol. The summed E-state index contributed by atoms with van der Waals surface area (Å²) in [5.74, 6) is 0. The molecular formula is C17H21N3. The lowest BCUT2D eigenvalue weighted by molar-refractivity contribution is 0.279. The Morgan fingerprint density at radius 3 is 2.55 bits per heavy atom. The van der Waals surface area contributed by atoms with Crippen molar-refractivity contribution in [3.05, 3.63) is 58.7 Å². The molecule has 104 valence electrons. The summed E-state index contributed by atoms with van der Waals surface area (Å²) in [6.45, 7) is 7.43. The molecule has 20 heavy (non-hydrogen) atoms. The molecule has 1 aromatic carbocycles. The van der Waals surface area contributed by atoms with Crippen LogP contribution in [0.3, 0.4) is 0 Å². The number of hydrogen-bond donors (Lipinski definition) is 0. The van der Waals surface area contributed by atoms with Gasteiger partial charge in [0.25, 0.3) is 0 Å². The summed E-state index contributed by atoms with van der Waals surface area (Å²) in [4.78, 5) is 11.3. The second-order valence-corrected chi connectivity index (χ2v) is 5.65. The van der Waals surface area contributed by atoms with E-state index in [4.69, 9.17) is 0 Å². The van der Waals surface area contributed by atoms with Crippen molar-refractivity contribution >= 4 is 0 Å². The molecule has 2 aromatic rings. The van der Waals surface area contributed by atoms with Gasteiger partial charge in [0.1, 0.15) is 6.33 Å². The minimum atomic E-state index is 1.03. The molecule has 3 rings (SSSR count). The van der Waals surface area contributed by atoms with E-state index < -0.39 is 0 Å². The van der Waals surface area contributed by atoms with Crippen LogP contribution in [-0.2, 0) is 19.4 Å². The number of fused-ring (bicyclic) bond motifs is 1. The maximum absolute atomic E-state index is 4.46. The van der Waals surface area contributed by atoms with Crippen molar-refractivity contribution in [2.75, 3.05) is 13.1 Å². The molecule has 2 heterocycles. The Balaban J connectivity index is 1.70. The maximum atomic E-state index is 4.46. The summed E-state index contributed by atoms with van der Waals surface area (Å²) >= 11 is 0. The van der Waals surface area contributed by atoms with Crippen LogP contribution in [0.25, 0.3) is 0 Å². The van der Waals surface area contributed by atoms with Crippen LogP contribution in [0.2, 0.25) is 0 Å². The van der Waals surface area contributed by atoms with Crippen LogP contribution in [0.4, 0.5) is 0 Å². The Hall–Kier alpha value is -1.74. The zero-order valence-electron chi connectivity index (χ0n) is 12.3. The van der Waals surface area contributed by atoms with Crippen LogP contribution in [0.15, 0.2) is 30.6 Å². The Bertz CT molecular complexity index is 590. The molecule has 0 bridgehead atoms. The third-order valence-corrected chi connectivity index (χ3v) is 4.12. The first-order chi connectivity index (χ1) is 9.72. The number of nitrogens with zero attached hydrogens (tertiary/aromatic N) is 3. The van der Waals surface area contributed by atoms with Crippen LogP contribution in [0.1, 0.15) is 28.1 Å². The van der Waals surface area contributed by atoms with E-state index in [1.807, 2.05) is 0 Å². The first-order valence-electron chi connectivity index (χ1n) is 7.29. The molecule has 0 saturated heterocycles. The molecule has 3 nitrogen and oxygen atoms in total. The van der Waals surface area contributed by atoms with E-state index in [0.29, 0.717) is 0 Å². The van der Waals surface area contributed by atoms with E-state index in [1.54, 1.807) is 6.33 Å². The van der Waals surface area contributed by atoms with Crippen molar-refractivity contribution < 1.29 is 0 Å². The first-order valence-corrected chi connectivity index (χ1v) is 7.29. The van der Waals surface area contributed by atoms with E-state index in [-0.39, 0.29) is 0 Å². The van der Waals surface area contributed by atoms with Crippen LogP contribution < -0.4 is 0 Å². The van der Waals surface area contributed by atoms with Gasteiger partial charge in [-0.05, 0) is 31.4 Å². The van der Waals surface area contributed by atoms with Gasteiger partial charge in [-0.15, -0.1) is 0 Å². The minimum Gasteiger partial charge on any atom is -0.298 e. The average Bonchev–Trinajstić information content (AvgIpc) is 2.65. The van der Waals surface area contributed by atoms with Gasteiger partial charge in [0.2, 0.25) is 0 Å². The topological polar surface area (TPSA) is 29.0 Å².